The molecule has 1 saturated heterocycles. The highest BCUT2D eigenvalue weighted by Crippen LogP contribution is 2.62. The Labute approximate surface area is 141 Å². The van der Waals surface area contributed by atoms with Gasteiger partial charge in [0.25, 0.3) is 0 Å². The van der Waals surface area contributed by atoms with Crippen LogP contribution >= 0.6 is 0 Å². The average Bonchev–Trinajstić information content (AvgIpc) is 3.15. The van der Waals surface area contributed by atoms with Crippen molar-refractivity contribution in [3.8, 4) is 5.69 Å². The molecule has 0 bridgehead atoms. The molecule has 1 aliphatic carbocycles. The lowest BCUT2D eigenvalue weighted by Crippen LogP contribution is -2.59. The van der Waals surface area contributed by atoms with Crippen LogP contribution in [0.5, 0.6) is 0 Å². The van der Waals surface area contributed by atoms with Crippen molar-refractivity contribution >= 4 is 5.91 Å². The monoisotopic (exact) mass is 325 g/mol. The van der Waals surface area contributed by atoms with E-state index in [1.54, 1.807) is 11.0 Å². The van der Waals surface area contributed by atoms with Crippen LogP contribution in [0, 0.1) is 16.7 Å². The van der Waals surface area contributed by atoms with Gasteiger partial charge in [0, 0.05) is 19.6 Å². The van der Waals surface area contributed by atoms with Gasteiger partial charge in [-0.15, -0.1) is 0 Å². The van der Waals surface area contributed by atoms with E-state index in [1.165, 1.54) is 11.9 Å². The van der Waals surface area contributed by atoms with Gasteiger partial charge in [0.15, 0.2) is 0 Å². The molecule has 126 valence electrons. The second-order valence-corrected chi connectivity index (χ2v) is 7.91. The summed E-state index contributed by atoms with van der Waals surface area (Å²) in [5, 5.41) is 4.14. The second-order valence-electron chi connectivity index (χ2n) is 7.91. The fourth-order valence-electron chi connectivity index (χ4n) is 4.80. The van der Waals surface area contributed by atoms with Gasteiger partial charge in [-0.1, -0.05) is 26.0 Å². The summed E-state index contributed by atoms with van der Waals surface area (Å²) in [4.78, 5) is 18.4. The summed E-state index contributed by atoms with van der Waals surface area (Å²) < 4.78 is 1.74. The molecule has 2 atom stereocenters. The average molecular weight is 325 g/mol. The Bertz CT molecular complexity index is 752. The minimum absolute atomic E-state index is 0.129. The van der Waals surface area contributed by atoms with Crippen LogP contribution in [-0.4, -0.2) is 38.7 Å². The van der Waals surface area contributed by atoms with E-state index >= 15 is 0 Å². The molecule has 1 aliphatic heterocycles. The maximum atomic E-state index is 12.0. The minimum Gasteiger partial charge on any atom is -0.369 e. The van der Waals surface area contributed by atoms with Crippen LogP contribution in [-0.2, 0) is 11.3 Å². The third-order valence-electron chi connectivity index (χ3n) is 5.84. The van der Waals surface area contributed by atoms with Crippen LogP contribution in [0.2, 0.25) is 0 Å². The van der Waals surface area contributed by atoms with E-state index in [1.807, 2.05) is 12.1 Å². The first-order valence-corrected chi connectivity index (χ1v) is 8.37. The zero-order valence-electron chi connectivity index (χ0n) is 14.1. The molecule has 6 nitrogen and oxygen atoms in total. The number of carbonyl (C=O) groups excluding carboxylic acids is 1. The lowest BCUT2D eigenvalue weighted by molar-refractivity contribution is -0.148. The van der Waals surface area contributed by atoms with E-state index in [2.05, 4.69) is 41.0 Å². The molecule has 1 saturated carbocycles. The molecule has 4 rings (SSSR count). The lowest BCUT2D eigenvalue weighted by atomic mass is 9.48. The molecule has 0 unspecified atom stereocenters. The number of primary amides is 1. The van der Waals surface area contributed by atoms with Gasteiger partial charge < -0.3 is 5.73 Å². The minimum atomic E-state index is -0.315. The maximum Gasteiger partial charge on any atom is 0.225 e. The summed E-state index contributed by atoms with van der Waals surface area (Å²) in [6.45, 7) is 7.06. The van der Waals surface area contributed by atoms with Crippen molar-refractivity contribution in [3.63, 3.8) is 0 Å². The topological polar surface area (TPSA) is 77.0 Å². The first-order valence-electron chi connectivity index (χ1n) is 8.37. The van der Waals surface area contributed by atoms with Gasteiger partial charge in [-0.3, -0.25) is 9.69 Å². The predicted octanol–water partition coefficient (Wildman–Crippen LogP) is 1.60. The van der Waals surface area contributed by atoms with Gasteiger partial charge in [-0.25, -0.2) is 9.67 Å². The van der Waals surface area contributed by atoms with Crippen molar-refractivity contribution in [2.24, 2.45) is 22.5 Å². The van der Waals surface area contributed by atoms with E-state index in [4.69, 9.17) is 5.73 Å². The van der Waals surface area contributed by atoms with Gasteiger partial charge in [-0.2, -0.15) is 5.10 Å². The molecule has 2 aliphatic rings. The molecule has 0 radical (unpaired) electrons. The normalized spacial score (nSPS) is 28.3. The third kappa shape index (κ3) is 2.24. The van der Waals surface area contributed by atoms with Crippen LogP contribution in [0.4, 0.5) is 0 Å². The number of hydrogen-bond acceptors (Lipinski definition) is 4. The molecule has 2 aromatic rings. The first kappa shape index (κ1) is 15.3. The molecule has 24 heavy (non-hydrogen) atoms. The lowest BCUT2D eigenvalue weighted by Gasteiger charge is -2.54. The number of hydrogen-bond donors (Lipinski definition) is 1. The standard InChI is InChI=1S/C18H23N5O/c1-17(2)9-18(16(19)24)10-22(8-15(17)18)7-13-3-5-14(6-4-13)23-12-20-11-21-23/h3-6,11-12,15H,7-10H2,1-2H3,(H2,19,24)/t15-,18+/m1/s1. The molecular formula is C18H23N5O. The summed E-state index contributed by atoms with van der Waals surface area (Å²) in [5.41, 5.74) is 7.86. The number of likely N-dealkylation sites (tertiary alicyclic amines) is 1. The van der Waals surface area contributed by atoms with Crippen molar-refractivity contribution < 1.29 is 4.79 Å². The molecule has 2 fully saturated rings. The molecule has 0 spiro atoms. The summed E-state index contributed by atoms with van der Waals surface area (Å²) in [5.74, 6) is 0.243. The highest BCUT2D eigenvalue weighted by Gasteiger charge is 2.65. The SMILES string of the molecule is CC1(C)C[C@]2(C(N)=O)CN(Cc3ccc(-n4cncn4)cc3)C[C@H]12. The van der Waals surface area contributed by atoms with Crippen molar-refractivity contribution in [2.45, 2.75) is 26.8 Å². The summed E-state index contributed by atoms with van der Waals surface area (Å²) >= 11 is 0. The number of benzene rings is 1. The number of carbonyl (C=O) groups is 1. The predicted molar refractivity (Wildman–Crippen MR) is 90.2 cm³/mol. The van der Waals surface area contributed by atoms with Crippen LogP contribution in [0.25, 0.3) is 5.69 Å². The molecule has 1 amide bonds. The molecule has 1 aromatic carbocycles. The van der Waals surface area contributed by atoms with Crippen LogP contribution in [0.15, 0.2) is 36.9 Å². The zero-order valence-corrected chi connectivity index (χ0v) is 14.1. The first-order chi connectivity index (χ1) is 11.4. The van der Waals surface area contributed by atoms with Gasteiger partial charge in [0.1, 0.15) is 12.7 Å². The van der Waals surface area contributed by atoms with Gasteiger partial charge in [0.2, 0.25) is 5.91 Å². The Morgan fingerprint density at radius 2 is 2.08 bits per heavy atom. The number of amides is 1. The second kappa shape index (κ2) is 5.14. The largest absolute Gasteiger partial charge is 0.369 e. The molecule has 2 heterocycles. The summed E-state index contributed by atoms with van der Waals surface area (Å²) in [6.07, 6.45) is 4.12. The van der Waals surface area contributed by atoms with Crippen molar-refractivity contribution in [1.82, 2.24) is 19.7 Å². The molecule has 2 N–H and O–H groups in total. The highest BCUT2D eigenvalue weighted by atomic mass is 16.1. The Balaban J connectivity index is 1.48. The fraction of sp³-hybridized carbons (Fsp3) is 0.500. The quantitative estimate of drug-likeness (QED) is 0.926. The highest BCUT2D eigenvalue weighted by molar-refractivity contribution is 5.83. The smallest absolute Gasteiger partial charge is 0.225 e. The number of nitrogens with zero attached hydrogens (tertiary/aromatic N) is 4. The van der Waals surface area contributed by atoms with Crippen molar-refractivity contribution in [2.75, 3.05) is 13.1 Å². The van der Waals surface area contributed by atoms with E-state index in [0.29, 0.717) is 5.92 Å². The van der Waals surface area contributed by atoms with Crippen LogP contribution in [0.3, 0.4) is 0 Å². The van der Waals surface area contributed by atoms with E-state index in [0.717, 1.165) is 31.7 Å². The van der Waals surface area contributed by atoms with Crippen LogP contribution < -0.4 is 5.73 Å². The molecular weight excluding hydrogens is 302 g/mol. The number of nitrogens with two attached hydrogens (primary N) is 1. The fourth-order valence-corrected chi connectivity index (χ4v) is 4.80. The Morgan fingerprint density at radius 1 is 1.33 bits per heavy atom. The third-order valence-corrected chi connectivity index (χ3v) is 5.84. The van der Waals surface area contributed by atoms with Crippen molar-refractivity contribution in [3.05, 3.63) is 42.5 Å². The maximum absolute atomic E-state index is 12.0. The summed E-state index contributed by atoms with van der Waals surface area (Å²) in [7, 11) is 0. The van der Waals surface area contributed by atoms with Crippen molar-refractivity contribution in [1.29, 1.82) is 0 Å². The Hall–Kier alpha value is -2.21. The number of aromatic nitrogens is 3. The van der Waals surface area contributed by atoms with Gasteiger partial charge in [0.05, 0.1) is 11.1 Å². The summed E-state index contributed by atoms with van der Waals surface area (Å²) in [6, 6.07) is 8.31. The Kier molecular flexibility index (Phi) is 3.28. The molecule has 1 aromatic heterocycles. The van der Waals surface area contributed by atoms with Crippen LogP contribution in [0.1, 0.15) is 25.8 Å². The number of rotatable bonds is 4. The van der Waals surface area contributed by atoms with Gasteiger partial charge >= 0.3 is 0 Å². The van der Waals surface area contributed by atoms with E-state index in [-0.39, 0.29) is 16.7 Å². The van der Waals surface area contributed by atoms with E-state index in [9.17, 15) is 4.79 Å². The molecule has 6 heteroatoms. The zero-order chi connectivity index (χ0) is 16.9. The number of fused-ring (bicyclic) bond motifs is 1. The van der Waals surface area contributed by atoms with Gasteiger partial charge in [-0.05, 0) is 35.4 Å². The Morgan fingerprint density at radius 3 is 2.62 bits per heavy atom. The van der Waals surface area contributed by atoms with E-state index < -0.39 is 0 Å².